The van der Waals surface area contributed by atoms with Crippen molar-refractivity contribution >= 4 is 61.5 Å². The molecule has 24 heavy (non-hydrogen) atoms. The molecular weight excluding hydrogens is 346 g/mol. The van der Waals surface area contributed by atoms with Gasteiger partial charge in [-0.2, -0.15) is 4.98 Å². The molecule has 0 aliphatic heterocycles. The molecular formula is C14H11N7OS2. The monoisotopic (exact) mass is 357 g/mol. The van der Waals surface area contributed by atoms with Crippen LogP contribution in [0.3, 0.4) is 0 Å². The first-order chi connectivity index (χ1) is 11.7. The van der Waals surface area contributed by atoms with E-state index in [0.717, 1.165) is 10.2 Å². The highest BCUT2D eigenvalue weighted by Crippen LogP contribution is 2.27. The SMILES string of the molecule is Nc1nc(SCC(=O)Nc2nc3ccccc3s2)c2[nH]cnc2n1. The summed E-state index contributed by atoms with van der Waals surface area (Å²) in [7, 11) is 0. The maximum atomic E-state index is 12.2. The number of H-pyrrole nitrogens is 1. The Morgan fingerprint density at radius 1 is 1.29 bits per heavy atom. The molecule has 0 unspecified atom stereocenters. The molecule has 0 spiro atoms. The van der Waals surface area contributed by atoms with Gasteiger partial charge in [0.15, 0.2) is 10.8 Å². The minimum absolute atomic E-state index is 0.128. The third kappa shape index (κ3) is 2.88. The molecule has 0 bridgehead atoms. The van der Waals surface area contributed by atoms with Crippen molar-refractivity contribution in [3.63, 3.8) is 0 Å². The van der Waals surface area contributed by atoms with E-state index < -0.39 is 0 Å². The van der Waals surface area contributed by atoms with Gasteiger partial charge in [-0.05, 0) is 12.1 Å². The number of rotatable bonds is 4. The number of amides is 1. The molecule has 120 valence electrons. The molecule has 10 heteroatoms. The van der Waals surface area contributed by atoms with Crippen LogP contribution in [0.5, 0.6) is 0 Å². The predicted molar refractivity (Wildman–Crippen MR) is 95.1 cm³/mol. The van der Waals surface area contributed by atoms with E-state index >= 15 is 0 Å². The molecule has 0 aliphatic carbocycles. The molecule has 0 aliphatic rings. The number of hydrogen-bond acceptors (Lipinski definition) is 8. The molecule has 4 aromatic rings. The van der Waals surface area contributed by atoms with Crippen molar-refractivity contribution < 1.29 is 4.79 Å². The van der Waals surface area contributed by atoms with Gasteiger partial charge in [0.25, 0.3) is 0 Å². The van der Waals surface area contributed by atoms with Crippen LogP contribution in [0.1, 0.15) is 0 Å². The molecule has 1 amide bonds. The van der Waals surface area contributed by atoms with E-state index in [1.54, 1.807) is 0 Å². The number of fused-ring (bicyclic) bond motifs is 2. The average Bonchev–Trinajstić information content (AvgIpc) is 3.18. The number of nitrogen functional groups attached to an aromatic ring is 1. The summed E-state index contributed by atoms with van der Waals surface area (Å²) in [5.74, 6) is 0.146. The van der Waals surface area contributed by atoms with Gasteiger partial charge < -0.3 is 16.0 Å². The predicted octanol–water partition coefficient (Wildman–Crippen LogP) is 2.28. The van der Waals surface area contributed by atoms with E-state index in [2.05, 4.69) is 30.2 Å². The fourth-order valence-corrected chi connectivity index (χ4v) is 3.82. The lowest BCUT2D eigenvalue weighted by Crippen LogP contribution is -2.14. The number of nitrogens with one attached hydrogen (secondary N) is 2. The van der Waals surface area contributed by atoms with Gasteiger partial charge in [-0.1, -0.05) is 35.2 Å². The van der Waals surface area contributed by atoms with Crippen LogP contribution in [0.4, 0.5) is 11.1 Å². The Labute approximate surface area is 143 Å². The number of thioether (sulfide) groups is 1. The molecule has 4 N–H and O–H groups in total. The van der Waals surface area contributed by atoms with Crippen molar-refractivity contribution in [3.05, 3.63) is 30.6 Å². The first-order valence-electron chi connectivity index (χ1n) is 6.94. The van der Waals surface area contributed by atoms with E-state index in [1.165, 1.54) is 29.4 Å². The van der Waals surface area contributed by atoms with Crippen LogP contribution in [0, 0.1) is 0 Å². The van der Waals surface area contributed by atoms with Crippen molar-refractivity contribution in [2.45, 2.75) is 5.03 Å². The van der Waals surface area contributed by atoms with Gasteiger partial charge in [-0.15, -0.1) is 0 Å². The molecule has 0 radical (unpaired) electrons. The third-order valence-electron chi connectivity index (χ3n) is 3.15. The zero-order valence-electron chi connectivity index (χ0n) is 12.2. The van der Waals surface area contributed by atoms with Crippen LogP contribution < -0.4 is 11.1 Å². The first-order valence-corrected chi connectivity index (χ1v) is 8.74. The number of nitrogens with zero attached hydrogens (tertiary/aromatic N) is 4. The Bertz CT molecular complexity index is 1010. The number of imidazole rings is 1. The summed E-state index contributed by atoms with van der Waals surface area (Å²) in [6, 6.07) is 7.74. The number of aromatic nitrogens is 5. The van der Waals surface area contributed by atoms with E-state index in [-0.39, 0.29) is 17.6 Å². The molecule has 0 fully saturated rings. The summed E-state index contributed by atoms with van der Waals surface area (Å²) in [4.78, 5) is 31.7. The van der Waals surface area contributed by atoms with E-state index in [9.17, 15) is 4.79 Å². The van der Waals surface area contributed by atoms with Gasteiger partial charge in [0, 0.05) is 0 Å². The van der Waals surface area contributed by atoms with Gasteiger partial charge >= 0.3 is 0 Å². The van der Waals surface area contributed by atoms with Crippen LogP contribution in [-0.2, 0) is 4.79 Å². The fraction of sp³-hybridized carbons (Fsp3) is 0.0714. The quantitative estimate of drug-likeness (QED) is 0.378. The normalized spacial score (nSPS) is 11.2. The Kier molecular flexibility index (Phi) is 3.75. The minimum Gasteiger partial charge on any atom is -0.368 e. The zero-order chi connectivity index (χ0) is 16.5. The van der Waals surface area contributed by atoms with Crippen LogP contribution in [0.25, 0.3) is 21.4 Å². The van der Waals surface area contributed by atoms with Gasteiger partial charge in [0.05, 0.1) is 22.3 Å². The number of anilines is 2. The van der Waals surface area contributed by atoms with Gasteiger partial charge in [-0.3, -0.25) is 4.79 Å². The van der Waals surface area contributed by atoms with Crippen LogP contribution in [-0.4, -0.2) is 36.6 Å². The molecule has 0 atom stereocenters. The topological polar surface area (TPSA) is 122 Å². The Hall–Kier alpha value is -2.72. The van der Waals surface area contributed by atoms with E-state index in [1.807, 2.05) is 24.3 Å². The van der Waals surface area contributed by atoms with Gasteiger partial charge in [0.1, 0.15) is 10.5 Å². The molecule has 4 rings (SSSR count). The summed E-state index contributed by atoms with van der Waals surface area (Å²) < 4.78 is 1.03. The second-order valence-electron chi connectivity index (χ2n) is 4.81. The van der Waals surface area contributed by atoms with Crippen molar-refractivity contribution in [2.24, 2.45) is 0 Å². The number of carbonyl (C=O) groups excluding carboxylic acids is 1. The summed E-state index contributed by atoms with van der Waals surface area (Å²) in [5, 5.41) is 3.98. The van der Waals surface area contributed by atoms with Crippen LogP contribution in [0.2, 0.25) is 0 Å². The standard InChI is InChI=1S/C14H11N7OS2/c15-13-20-11-10(16-6-17-11)12(21-13)23-5-9(22)19-14-18-7-3-1-2-4-8(7)24-14/h1-4,6H,5H2,(H,18,19,22)(H3,15,16,17,20,21). The Morgan fingerprint density at radius 3 is 3.04 bits per heavy atom. The largest absolute Gasteiger partial charge is 0.368 e. The maximum Gasteiger partial charge on any atom is 0.236 e. The van der Waals surface area contributed by atoms with Gasteiger partial charge in [0.2, 0.25) is 11.9 Å². The number of para-hydroxylation sites is 1. The highest BCUT2D eigenvalue weighted by Gasteiger charge is 2.12. The number of aromatic amines is 1. The lowest BCUT2D eigenvalue weighted by Gasteiger charge is -2.03. The fourth-order valence-electron chi connectivity index (χ4n) is 2.14. The molecule has 3 aromatic heterocycles. The number of hydrogen-bond donors (Lipinski definition) is 3. The van der Waals surface area contributed by atoms with Crippen LogP contribution in [0.15, 0.2) is 35.6 Å². The Balaban J connectivity index is 1.47. The number of thiazole rings is 1. The highest BCUT2D eigenvalue weighted by atomic mass is 32.2. The highest BCUT2D eigenvalue weighted by molar-refractivity contribution is 8.00. The van der Waals surface area contributed by atoms with E-state index in [4.69, 9.17) is 5.73 Å². The van der Waals surface area contributed by atoms with E-state index in [0.29, 0.717) is 21.3 Å². The molecule has 0 saturated heterocycles. The first kappa shape index (κ1) is 14.8. The molecule has 1 aromatic carbocycles. The second-order valence-corrected chi connectivity index (χ2v) is 6.81. The lowest BCUT2D eigenvalue weighted by molar-refractivity contribution is -0.113. The number of nitrogens with two attached hydrogens (primary N) is 1. The van der Waals surface area contributed by atoms with Crippen molar-refractivity contribution in [1.29, 1.82) is 0 Å². The molecule has 3 heterocycles. The van der Waals surface area contributed by atoms with Crippen molar-refractivity contribution in [1.82, 2.24) is 24.9 Å². The second kappa shape index (κ2) is 6.06. The number of carbonyl (C=O) groups is 1. The molecule has 8 nitrogen and oxygen atoms in total. The van der Waals surface area contributed by atoms with Crippen LogP contribution >= 0.6 is 23.1 Å². The maximum absolute atomic E-state index is 12.2. The minimum atomic E-state index is -0.163. The van der Waals surface area contributed by atoms with Gasteiger partial charge in [-0.25, -0.2) is 15.0 Å². The third-order valence-corrected chi connectivity index (χ3v) is 5.08. The average molecular weight is 357 g/mol. The zero-order valence-corrected chi connectivity index (χ0v) is 13.8. The summed E-state index contributed by atoms with van der Waals surface area (Å²) in [5.41, 5.74) is 7.68. The van der Waals surface area contributed by atoms with Crippen molar-refractivity contribution in [2.75, 3.05) is 16.8 Å². The van der Waals surface area contributed by atoms with Crippen molar-refractivity contribution in [3.8, 4) is 0 Å². The summed E-state index contributed by atoms with van der Waals surface area (Å²) in [6.07, 6.45) is 1.52. The summed E-state index contributed by atoms with van der Waals surface area (Å²) >= 11 is 2.70. The Morgan fingerprint density at radius 2 is 2.17 bits per heavy atom. The number of benzene rings is 1. The molecule has 0 saturated carbocycles. The summed E-state index contributed by atoms with van der Waals surface area (Å²) in [6.45, 7) is 0. The smallest absolute Gasteiger partial charge is 0.236 e. The lowest BCUT2D eigenvalue weighted by atomic mass is 10.3.